The molecular formula is C17H24N4O. The van der Waals surface area contributed by atoms with Gasteiger partial charge in [0.05, 0.1) is 6.04 Å². The monoisotopic (exact) mass is 300 g/mol. The van der Waals surface area contributed by atoms with Crippen molar-refractivity contribution in [2.45, 2.75) is 57.5 Å². The van der Waals surface area contributed by atoms with Gasteiger partial charge in [-0.05, 0) is 25.7 Å². The van der Waals surface area contributed by atoms with E-state index in [1.807, 2.05) is 6.20 Å². The van der Waals surface area contributed by atoms with Gasteiger partial charge in [0.25, 0.3) is 0 Å². The molecule has 4 rings (SSSR count). The van der Waals surface area contributed by atoms with Crippen molar-refractivity contribution in [1.29, 1.82) is 0 Å². The molecule has 5 nitrogen and oxygen atoms in total. The van der Waals surface area contributed by atoms with Gasteiger partial charge in [0.2, 0.25) is 5.91 Å². The van der Waals surface area contributed by atoms with Gasteiger partial charge in [-0.3, -0.25) is 4.79 Å². The summed E-state index contributed by atoms with van der Waals surface area (Å²) in [4.78, 5) is 24.2. The SMILES string of the molecule is O=C(C1CCCC1)N1CCC[C@@H]1c1ncc2c(n1)CCNC2. The van der Waals surface area contributed by atoms with Crippen LogP contribution >= 0.6 is 0 Å². The second kappa shape index (κ2) is 5.95. The predicted molar refractivity (Wildman–Crippen MR) is 83.1 cm³/mol. The summed E-state index contributed by atoms with van der Waals surface area (Å²) in [5.41, 5.74) is 2.38. The maximum Gasteiger partial charge on any atom is 0.226 e. The van der Waals surface area contributed by atoms with Crippen LogP contribution in [0.2, 0.25) is 0 Å². The zero-order chi connectivity index (χ0) is 14.9. The van der Waals surface area contributed by atoms with Crippen molar-refractivity contribution in [2.75, 3.05) is 13.1 Å². The molecule has 0 radical (unpaired) electrons. The quantitative estimate of drug-likeness (QED) is 0.907. The number of nitrogens with one attached hydrogen (secondary N) is 1. The van der Waals surface area contributed by atoms with Crippen molar-refractivity contribution in [3.63, 3.8) is 0 Å². The zero-order valence-electron chi connectivity index (χ0n) is 13.1. The summed E-state index contributed by atoms with van der Waals surface area (Å²) in [5.74, 6) is 1.47. The molecule has 118 valence electrons. The molecule has 22 heavy (non-hydrogen) atoms. The summed E-state index contributed by atoms with van der Waals surface area (Å²) in [7, 11) is 0. The van der Waals surface area contributed by atoms with E-state index in [0.29, 0.717) is 5.91 Å². The van der Waals surface area contributed by atoms with Crippen LogP contribution in [-0.4, -0.2) is 33.9 Å². The molecule has 0 spiro atoms. The molecule has 2 fully saturated rings. The lowest BCUT2D eigenvalue weighted by Crippen LogP contribution is -2.36. The molecule has 2 aliphatic heterocycles. The third kappa shape index (κ3) is 2.51. The predicted octanol–water partition coefficient (Wildman–Crippen LogP) is 1.98. The van der Waals surface area contributed by atoms with Crippen molar-refractivity contribution in [1.82, 2.24) is 20.2 Å². The van der Waals surface area contributed by atoms with Gasteiger partial charge in [-0.15, -0.1) is 0 Å². The van der Waals surface area contributed by atoms with E-state index in [-0.39, 0.29) is 12.0 Å². The second-order valence-corrected chi connectivity index (χ2v) is 6.80. The van der Waals surface area contributed by atoms with Crippen molar-refractivity contribution in [3.8, 4) is 0 Å². The molecule has 1 atom stereocenters. The van der Waals surface area contributed by atoms with Crippen LogP contribution in [0.3, 0.4) is 0 Å². The Hall–Kier alpha value is -1.49. The van der Waals surface area contributed by atoms with Crippen LogP contribution in [0.1, 0.15) is 61.6 Å². The summed E-state index contributed by atoms with van der Waals surface area (Å²) >= 11 is 0. The third-order valence-electron chi connectivity index (χ3n) is 5.37. The molecule has 1 N–H and O–H groups in total. The summed E-state index contributed by atoms with van der Waals surface area (Å²) in [6.45, 7) is 2.73. The topological polar surface area (TPSA) is 58.1 Å². The highest BCUT2D eigenvalue weighted by Crippen LogP contribution is 2.35. The highest BCUT2D eigenvalue weighted by atomic mass is 16.2. The minimum absolute atomic E-state index is 0.105. The number of hydrogen-bond donors (Lipinski definition) is 1. The van der Waals surface area contributed by atoms with Gasteiger partial charge in [0, 0.05) is 49.4 Å². The summed E-state index contributed by atoms with van der Waals surface area (Å²) in [6.07, 6.45) is 9.56. The van der Waals surface area contributed by atoms with Crippen LogP contribution < -0.4 is 5.32 Å². The van der Waals surface area contributed by atoms with E-state index in [9.17, 15) is 4.79 Å². The van der Waals surface area contributed by atoms with Gasteiger partial charge in [0.15, 0.2) is 5.82 Å². The number of hydrogen-bond acceptors (Lipinski definition) is 4. The first-order valence-electron chi connectivity index (χ1n) is 8.69. The molecule has 5 heteroatoms. The second-order valence-electron chi connectivity index (χ2n) is 6.80. The molecule has 0 unspecified atom stereocenters. The highest BCUT2D eigenvalue weighted by molar-refractivity contribution is 5.79. The lowest BCUT2D eigenvalue weighted by atomic mass is 10.1. The Kier molecular flexibility index (Phi) is 3.82. The summed E-state index contributed by atoms with van der Waals surface area (Å²) in [5, 5.41) is 3.35. The Labute approximate surface area is 131 Å². The molecule has 0 aromatic carbocycles. The van der Waals surface area contributed by atoms with Gasteiger partial charge in [-0.2, -0.15) is 0 Å². The van der Waals surface area contributed by atoms with E-state index >= 15 is 0 Å². The third-order valence-corrected chi connectivity index (χ3v) is 5.37. The van der Waals surface area contributed by atoms with Crippen LogP contribution in [0.5, 0.6) is 0 Å². The number of carbonyl (C=O) groups is 1. The first kappa shape index (κ1) is 14.1. The maximum atomic E-state index is 12.8. The number of carbonyl (C=O) groups excluding carboxylic acids is 1. The molecule has 1 saturated heterocycles. The lowest BCUT2D eigenvalue weighted by Gasteiger charge is -2.27. The summed E-state index contributed by atoms with van der Waals surface area (Å²) in [6, 6.07) is 0.105. The minimum Gasteiger partial charge on any atom is -0.332 e. The Morgan fingerprint density at radius 1 is 1.23 bits per heavy atom. The van der Waals surface area contributed by atoms with Gasteiger partial charge < -0.3 is 10.2 Å². The Bertz CT molecular complexity index is 568. The fraction of sp³-hybridized carbons (Fsp3) is 0.706. The van der Waals surface area contributed by atoms with E-state index in [4.69, 9.17) is 4.98 Å². The average molecular weight is 300 g/mol. The molecule has 1 amide bonds. The maximum absolute atomic E-state index is 12.8. The Morgan fingerprint density at radius 2 is 2.09 bits per heavy atom. The summed E-state index contributed by atoms with van der Waals surface area (Å²) < 4.78 is 0. The number of likely N-dealkylation sites (tertiary alicyclic amines) is 1. The number of amides is 1. The average Bonchev–Trinajstić information content (AvgIpc) is 3.25. The van der Waals surface area contributed by atoms with Crippen molar-refractivity contribution in [2.24, 2.45) is 5.92 Å². The van der Waals surface area contributed by atoms with Crippen molar-refractivity contribution >= 4 is 5.91 Å². The molecule has 1 aliphatic carbocycles. The molecule has 3 aliphatic rings. The molecule has 0 bridgehead atoms. The highest BCUT2D eigenvalue weighted by Gasteiger charge is 2.36. The molecule has 1 aromatic rings. The van der Waals surface area contributed by atoms with E-state index in [2.05, 4.69) is 15.2 Å². The van der Waals surface area contributed by atoms with E-state index in [1.54, 1.807) is 0 Å². The molecule has 1 saturated carbocycles. The Morgan fingerprint density at radius 3 is 2.95 bits per heavy atom. The fourth-order valence-corrected chi connectivity index (χ4v) is 4.12. The number of rotatable bonds is 2. The van der Waals surface area contributed by atoms with Gasteiger partial charge in [-0.25, -0.2) is 9.97 Å². The van der Waals surface area contributed by atoms with Crippen LogP contribution in [0.15, 0.2) is 6.20 Å². The van der Waals surface area contributed by atoms with Gasteiger partial charge in [-0.1, -0.05) is 12.8 Å². The van der Waals surface area contributed by atoms with E-state index in [0.717, 1.165) is 57.6 Å². The standard InChI is InChI=1S/C17H24N4O/c22-17(12-4-1-2-5-12)21-9-3-6-15(21)16-19-11-13-10-18-8-7-14(13)20-16/h11-12,15,18H,1-10H2/t15-/m1/s1. The van der Waals surface area contributed by atoms with Gasteiger partial charge in [0.1, 0.15) is 0 Å². The number of nitrogens with zero attached hydrogens (tertiary/aromatic N) is 3. The van der Waals surface area contributed by atoms with E-state index in [1.165, 1.54) is 24.1 Å². The van der Waals surface area contributed by atoms with Crippen LogP contribution in [0.25, 0.3) is 0 Å². The van der Waals surface area contributed by atoms with Crippen LogP contribution in [0.4, 0.5) is 0 Å². The first-order valence-corrected chi connectivity index (χ1v) is 8.69. The van der Waals surface area contributed by atoms with Crippen LogP contribution in [0, 0.1) is 5.92 Å². The first-order chi connectivity index (χ1) is 10.8. The molecule has 3 heterocycles. The normalized spacial score (nSPS) is 25.5. The number of aromatic nitrogens is 2. The zero-order valence-corrected chi connectivity index (χ0v) is 13.1. The Balaban J connectivity index is 1.56. The van der Waals surface area contributed by atoms with Crippen molar-refractivity contribution in [3.05, 3.63) is 23.3 Å². The fourth-order valence-electron chi connectivity index (χ4n) is 4.12. The van der Waals surface area contributed by atoms with Crippen molar-refractivity contribution < 1.29 is 4.79 Å². The largest absolute Gasteiger partial charge is 0.332 e. The smallest absolute Gasteiger partial charge is 0.226 e. The van der Waals surface area contributed by atoms with Crippen LogP contribution in [-0.2, 0) is 17.8 Å². The minimum atomic E-state index is 0.105. The lowest BCUT2D eigenvalue weighted by molar-refractivity contribution is -0.136. The number of fused-ring (bicyclic) bond motifs is 1. The van der Waals surface area contributed by atoms with E-state index < -0.39 is 0 Å². The van der Waals surface area contributed by atoms with Gasteiger partial charge >= 0.3 is 0 Å². The molecular weight excluding hydrogens is 276 g/mol. The molecule has 1 aromatic heterocycles.